The number of rotatable bonds is 13. The van der Waals surface area contributed by atoms with Gasteiger partial charge in [0.05, 0.1) is 18.2 Å². The molecule has 28 heavy (non-hydrogen) atoms. The van der Waals surface area contributed by atoms with E-state index in [4.69, 9.17) is 11.5 Å². The lowest BCUT2D eigenvalue weighted by molar-refractivity contribution is -0.134. The molecule has 0 spiro atoms. The Bertz CT molecular complexity index is 526. The molecule has 0 aromatic heterocycles. The maximum atomic E-state index is 12.6. The van der Waals surface area contributed by atoms with Crippen LogP contribution in [0.25, 0.3) is 0 Å². The smallest absolute Gasteiger partial charge is 0.245 e. The van der Waals surface area contributed by atoms with Gasteiger partial charge in [0.15, 0.2) is 0 Å². The fourth-order valence-corrected chi connectivity index (χ4v) is 2.22. The fourth-order valence-electron chi connectivity index (χ4n) is 2.22. The van der Waals surface area contributed by atoms with Crippen molar-refractivity contribution >= 4 is 24.0 Å². The number of carbonyl (C=O) groups excluding carboxylic acids is 4. The third-order valence-corrected chi connectivity index (χ3v) is 3.96. The third-order valence-electron chi connectivity index (χ3n) is 3.96. The van der Waals surface area contributed by atoms with Crippen molar-refractivity contribution in [2.24, 2.45) is 11.5 Å². The molecule has 3 amide bonds. The monoisotopic (exact) mass is 402 g/mol. The number of hydrogen-bond acceptors (Lipinski definition) is 8. The van der Waals surface area contributed by atoms with Crippen molar-refractivity contribution in [3.05, 3.63) is 0 Å². The summed E-state index contributed by atoms with van der Waals surface area (Å²) in [6.07, 6.45) is 0.384. The number of unbranched alkanes of at least 4 members (excludes halogenated alkanes) is 1. The van der Waals surface area contributed by atoms with Crippen LogP contribution in [0.5, 0.6) is 0 Å². The fraction of sp³-hybridized carbons (Fsp3) is 0.765. The van der Waals surface area contributed by atoms with E-state index in [1.54, 1.807) is 0 Å². The molecule has 161 valence electrons. The molecule has 0 saturated carbocycles. The van der Waals surface area contributed by atoms with Crippen molar-refractivity contribution in [1.82, 2.24) is 16.0 Å². The van der Waals surface area contributed by atoms with Crippen LogP contribution in [0.1, 0.15) is 40.0 Å². The highest BCUT2D eigenvalue weighted by atomic mass is 16.3. The largest absolute Gasteiger partial charge is 0.391 e. The van der Waals surface area contributed by atoms with Crippen LogP contribution in [-0.4, -0.2) is 77.1 Å². The number of aliphatic hydroxyl groups is 2. The van der Waals surface area contributed by atoms with Gasteiger partial charge in [0.1, 0.15) is 18.1 Å². The van der Waals surface area contributed by atoms with Crippen LogP contribution in [0.4, 0.5) is 0 Å². The summed E-state index contributed by atoms with van der Waals surface area (Å²) in [6, 6.07) is -4.55. The average molecular weight is 402 g/mol. The van der Waals surface area contributed by atoms with Crippen molar-refractivity contribution in [3.8, 4) is 0 Å². The Labute approximate surface area is 164 Å². The Morgan fingerprint density at radius 2 is 1.54 bits per heavy atom. The van der Waals surface area contributed by atoms with Crippen LogP contribution >= 0.6 is 0 Å². The van der Waals surface area contributed by atoms with Crippen LogP contribution in [0.15, 0.2) is 0 Å². The molecule has 0 rings (SSSR count). The molecule has 0 fully saturated rings. The van der Waals surface area contributed by atoms with Gasteiger partial charge in [-0.25, -0.2) is 0 Å². The van der Waals surface area contributed by atoms with Crippen LogP contribution in [0.3, 0.4) is 0 Å². The lowest BCUT2D eigenvalue weighted by atomic mass is 10.1. The Morgan fingerprint density at radius 1 is 0.929 bits per heavy atom. The lowest BCUT2D eigenvalue weighted by Crippen LogP contribution is -2.60. The molecular weight excluding hydrogens is 370 g/mol. The molecule has 0 bridgehead atoms. The first-order chi connectivity index (χ1) is 13.0. The first-order valence-electron chi connectivity index (χ1n) is 9.15. The maximum absolute atomic E-state index is 12.6. The van der Waals surface area contributed by atoms with Gasteiger partial charge in [-0.05, 0) is 46.6 Å². The predicted octanol–water partition coefficient (Wildman–Crippen LogP) is -3.21. The second-order valence-electron chi connectivity index (χ2n) is 6.71. The number of aliphatic hydroxyl groups excluding tert-OH is 2. The van der Waals surface area contributed by atoms with Crippen LogP contribution in [0.2, 0.25) is 0 Å². The van der Waals surface area contributed by atoms with E-state index in [0.29, 0.717) is 19.4 Å². The molecule has 0 aromatic rings. The zero-order chi connectivity index (χ0) is 21.9. The second-order valence-corrected chi connectivity index (χ2v) is 6.71. The molecule has 0 aliphatic carbocycles. The van der Waals surface area contributed by atoms with E-state index in [-0.39, 0.29) is 6.42 Å². The van der Waals surface area contributed by atoms with Gasteiger partial charge in [0, 0.05) is 0 Å². The summed E-state index contributed by atoms with van der Waals surface area (Å²) < 4.78 is 0. The summed E-state index contributed by atoms with van der Waals surface area (Å²) in [5.41, 5.74) is 10.9. The third kappa shape index (κ3) is 9.22. The first-order valence-corrected chi connectivity index (χ1v) is 9.15. The molecule has 6 atom stereocenters. The number of carbonyl (C=O) groups is 3. The second kappa shape index (κ2) is 13.2. The van der Waals surface area contributed by atoms with Crippen LogP contribution in [0, 0.1) is 0 Å². The predicted molar refractivity (Wildman–Crippen MR) is 101 cm³/mol. The zero-order valence-electron chi connectivity index (χ0n) is 16.5. The molecule has 0 unspecified atom stereocenters. The quantitative estimate of drug-likeness (QED) is 0.156. The van der Waals surface area contributed by atoms with Crippen molar-refractivity contribution < 1.29 is 29.4 Å². The summed E-state index contributed by atoms with van der Waals surface area (Å²) in [7, 11) is 0. The van der Waals surface area contributed by atoms with Gasteiger partial charge in [-0.3, -0.25) is 19.2 Å². The minimum atomic E-state index is -1.41. The number of amides is 3. The molecule has 11 nitrogen and oxygen atoms in total. The van der Waals surface area contributed by atoms with Gasteiger partial charge in [0.25, 0.3) is 0 Å². The van der Waals surface area contributed by atoms with Crippen molar-refractivity contribution in [2.45, 2.75) is 76.4 Å². The summed E-state index contributed by atoms with van der Waals surface area (Å²) >= 11 is 0. The highest BCUT2D eigenvalue weighted by Gasteiger charge is 2.31. The Morgan fingerprint density at radius 3 is 1.96 bits per heavy atom. The van der Waals surface area contributed by atoms with E-state index in [1.165, 1.54) is 27.1 Å². The van der Waals surface area contributed by atoms with E-state index >= 15 is 0 Å². The molecule has 11 heteroatoms. The van der Waals surface area contributed by atoms with E-state index < -0.39 is 54.1 Å². The molecule has 9 N–H and O–H groups in total. The highest BCUT2D eigenvalue weighted by molar-refractivity contribution is 5.93. The Kier molecular flexibility index (Phi) is 12.2. The minimum absolute atomic E-state index is 0.258. The number of hydrogen-bond donors (Lipinski definition) is 7. The lowest BCUT2D eigenvalue weighted by Gasteiger charge is -2.26. The van der Waals surface area contributed by atoms with E-state index in [2.05, 4.69) is 16.0 Å². The van der Waals surface area contributed by atoms with E-state index in [1.807, 2.05) is 0 Å². The molecule has 0 aromatic carbocycles. The topological polar surface area (TPSA) is 197 Å². The first kappa shape index (κ1) is 25.9. The minimum Gasteiger partial charge on any atom is -0.391 e. The Hall–Kier alpha value is -2.08. The van der Waals surface area contributed by atoms with Crippen molar-refractivity contribution in [1.29, 1.82) is 0 Å². The summed E-state index contributed by atoms with van der Waals surface area (Å²) in [5, 5.41) is 26.3. The van der Waals surface area contributed by atoms with Gasteiger partial charge in [0.2, 0.25) is 24.0 Å². The number of nitrogens with one attached hydrogen (secondary N) is 3. The Balaban J connectivity index is 5.22. The normalized spacial score (nSPS) is 17.4. The standard InChI is InChI=1S/C17H32N5O6/c1-9(19)15(26)20-12(6-4-5-7-18)16(27)22-14(11(3)25)17(28)21-13(8-23)10(2)24/h9-14,24-25H,4-7,18-19H2,1-3H3,(H,20,26)(H,21,28)(H,22,27)/t9-,10+,11+,12-,13+,14-/m0/s1. The van der Waals surface area contributed by atoms with Gasteiger partial charge in [-0.2, -0.15) is 0 Å². The van der Waals surface area contributed by atoms with Crippen LogP contribution < -0.4 is 27.4 Å². The SMILES string of the molecule is C[C@H](N)C(=O)N[C@@H](CCCCN)C(=O)N[C@H](C(=O)N[C@H]([C]=O)[C@@H](C)O)[C@@H](C)O. The highest BCUT2D eigenvalue weighted by Crippen LogP contribution is 2.04. The summed E-state index contributed by atoms with van der Waals surface area (Å²) in [6.45, 7) is 4.43. The van der Waals surface area contributed by atoms with Crippen LogP contribution in [-0.2, 0) is 19.2 Å². The molecule has 1 radical (unpaired) electrons. The van der Waals surface area contributed by atoms with Gasteiger partial charge < -0.3 is 37.6 Å². The summed E-state index contributed by atoms with van der Waals surface area (Å²) in [5.74, 6) is -2.12. The molecule has 0 heterocycles. The van der Waals surface area contributed by atoms with Gasteiger partial charge in [-0.1, -0.05) is 0 Å². The molecule has 0 saturated heterocycles. The zero-order valence-corrected chi connectivity index (χ0v) is 16.5. The maximum Gasteiger partial charge on any atom is 0.245 e. The van der Waals surface area contributed by atoms with Gasteiger partial charge >= 0.3 is 0 Å². The van der Waals surface area contributed by atoms with E-state index in [0.717, 1.165) is 0 Å². The average Bonchev–Trinajstić information content (AvgIpc) is 2.62. The van der Waals surface area contributed by atoms with E-state index in [9.17, 15) is 29.4 Å². The summed E-state index contributed by atoms with van der Waals surface area (Å²) in [4.78, 5) is 47.6. The molecule has 0 aliphatic rings. The van der Waals surface area contributed by atoms with Crippen molar-refractivity contribution in [2.75, 3.05) is 6.54 Å². The number of nitrogens with two attached hydrogens (primary N) is 2. The molecular formula is C17H32N5O6. The van der Waals surface area contributed by atoms with Gasteiger partial charge in [-0.15, -0.1) is 0 Å². The molecule has 0 aliphatic heterocycles. The van der Waals surface area contributed by atoms with Crippen molar-refractivity contribution in [3.63, 3.8) is 0 Å².